The Hall–Kier alpha value is -3.29. The number of ether oxygens (including phenoxy) is 1. The van der Waals surface area contributed by atoms with Crippen molar-refractivity contribution in [1.29, 1.82) is 0 Å². The fourth-order valence-electron chi connectivity index (χ4n) is 3.18. The van der Waals surface area contributed by atoms with Gasteiger partial charge in [0.25, 0.3) is 11.8 Å². The molecular weight excluding hydrogens is 397 g/mol. The van der Waals surface area contributed by atoms with E-state index in [4.69, 9.17) is 0 Å². The number of anilines is 1. The molecule has 3 rings (SSSR count). The molecule has 8 heteroatoms. The van der Waals surface area contributed by atoms with Gasteiger partial charge in [-0.15, -0.1) is 13.2 Å². The molecule has 0 aliphatic carbocycles. The second-order valence-corrected chi connectivity index (χ2v) is 7.32. The van der Waals surface area contributed by atoms with Gasteiger partial charge in [-0.25, -0.2) is 0 Å². The molecule has 2 aromatic carbocycles. The summed E-state index contributed by atoms with van der Waals surface area (Å²) in [5, 5.41) is 2.91. The van der Waals surface area contributed by atoms with Crippen molar-refractivity contribution in [2.24, 2.45) is 0 Å². The fraction of sp³-hybridized carbons (Fsp3) is 0.273. The number of imide groups is 1. The number of carbonyl (C=O) groups is 2. The summed E-state index contributed by atoms with van der Waals surface area (Å²) in [7, 11) is 0. The maximum absolute atomic E-state index is 13.0. The Kier molecular flexibility index (Phi) is 5.61. The van der Waals surface area contributed by atoms with Crippen molar-refractivity contribution in [1.82, 2.24) is 4.90 Å². The van der Waals surface area contributed by atoms with Crippen LogP contribution in [0.15, 0.2) is 48.2 Å². The number of carbonyl (C=O) groups excluding carboxylic acids is 2. The number of halogens is 3. The number of hydrogen-bond donors (Lipinski definition) is 1. The van der Waals surface area contributed by atoms with Crippen LogP contribution < -0.4 is 10.1 Å². The normalized spacial score (nSPS) is 14.7. The average molecular weight is 418 g/mol. The lowest BCUT2D eigenvalue weighted by Crippen LogP contribution is -2.38. The Bertz CT molecular complexity index is 1020. The van der Waals surface area contributed by atoms with E-state index in [2.05, 4.69) is 10.1 Å². The van der Waals surface area contributed by atoms with Crippen LogP contribution in [-0.2, 0) is 9.59 Å². The highest BCUT2D eigenvalue weighted by atomic mass is 19.4. The van der Waals surface area contributed by atoms with Crippen LogP contribution in [-0.4, -0.2) is 29.1 Å². The van der Waals surface area contributed by atoms with Crippen LogP contribution in [0.2, 0.25) is 0 Å². The molecule has 30 heavy (non-hydrogen) atoms. The van der Waals surface area contributed by atoms with E-state index in [1.54, 1.807) is 19.9 Å². The number of aryl methyl sites for hydroxylation is 2. The van der Waals surface area contributed by atoms with E-state index in [9.17, 15) is 22.8 Å². The molecule has 0 atom stereocenters. The highest BCUT2D eigenvalue weighted by molar-refractivity contribution is 6.36. The maximum atomic E-state index is 13.0. The average Bonchev–Trinajstić information content (AvgIpc) is 2.88. The number of amides is 2. The molecule has 158 valence electrons. The van der Waals surface area contributed by atoms with Crippen molar-refractivity contribution >= 4 is 23.1 Å². The third-order valence-electron chi connectivity index (χ3n) is 4.78. The zero-order valence-corrected chi connectivity index (χ0v) is 16.9. The summed E-state index contributed by atoms with van der Waals surface area (Å²) in [5.41, 5.74) is 3.28. The van der Waals surface area contributed by atoms with Gasteiger partial charge >= 0.3 is 6.36 Å². The van der Waals surface area contributed by atoms with Gasteiger partial charge in [0.2, 0.25) is 0 Å². The molecule has 2 aromatic rings. The Labute approximate surface area is 172 Å². The molecule has 0 saturated carbocycles. The molecule has 1 heterocycles. The number of rotatable bonds is 5. The minimum atomic E-state index is -4.79. The van der Waals surface area contributed by atoms with Gasteiger partial charge in [-0.1, -0.05) is 18.2 Å². The van der Waals surface area contributed by atoms with E-state index in [1.165, 1.54) is 12.1 Å². The van der Waals surface area contributed by atoms with Crippen molar-refractivity contribution in [3.63, 3.8) is 0 Å². The Morgan fingerprint density at radius 3 is 2.10 bits per heavy atom. The highest BCUT2D eigenvalue weighted by Crippen LogP contribution is 2.33. The lowest BCUT2D eigenvalue weighted by Gasteiger charge is -2.19. The second-order valence-electron chi connectivity index (χ2n) is 7.32. The first-order valence-electron chi connectivity index (χ1n) is 9.30. The van der Waals surface area contributed by atoms with Gasteiger partial charge in [0.1, 0.15) is 11.4 Å². The van der Waals surface area contributed by atoms with Crippen LogP contribution >= 0.6 is 0 Å². The lowest BCUT2D eigenvalue weighted by atomic mass is 9.99. The molecular formula is C22H21F3N2O3. The van der Waals surface area contributed by atoms with Gasteiger partial charge in [0.15, 0.2) is 0 Å². The summed E-state index contributed by atoms with van der Waals surface area (Å²) >= 11 is 0. The smallest absolute Gasteiger partial charge is 0.406 e. The monoisotopic (exact) mass is 418 g/mol. The van der Waals surface area contributed by atoms with Gasteiger partial charge in [-0.3, -0.25) is 14.5 Å². The van der Waals surface area contributed by atoms with E-state index in [-0.39, 0.29) is 23.1 Å². The molecule has 0 radical (unpaired) electrons. The number of hydrogen-bond acceptors (Lipinski definition) is 4. The minimum Gasteiger partial charge on any atom is -0.406 e. The Morgan fingerprint density at radius 2 is 1.57 bits per heavy atom. The highest BCUT2D eigenvalue weighted by Gasteiger charge is 2.40. The van der Waals surface area contributed by atoms with Gasteiger partial charge < -0.3 is 10.1 Å². The van der Waals surface area contributed by atoms with Crippen LogP contribution in [0.25, 0.3) is 5.57 Å². The molecule has 0 bridgehead atoms. The number of benzene rings is 2. The largest absolute Gasteiger partial charge is 0.573 e. The van der Waals surface area contributed by atoms with E-state index in [0.29, 0.717) is 11.3 Å². The van der Waals surface area contributed by atoms with Gasteiger partial charge in [-0.2, -0.15) is 0 Å². The standard InChI is InChI=1S/C22H21F3N2O3/c1-12(2)27-20(28)18(15-6-5-13(3)14(4)11-15)19(21(27)29)26-16-7-9-17(10-8-16)30-22(23,24)25/h5-12,26H,1-4H3. The number of nitrogens with one attached hydrogen (secondary N) is 1. The molecule has 1 aliphatic rings. The molecule has 0 fully saturated rings. The predicted molar refractivity (Wildman–Crippen MR) is 107 cm³/mol. The van der Waals surface area contributed by atoms with Crippen molar-refractivity contribution in [2.45, 2.75) is 40.1 Å². The summed E-state index contributed by atoms with van der Waals surface area (Å²) in [6, 6.07) is 10.1. The molecule has 0 unspecified atom stereocenters. The summed E-state index contributed by atoms with van der Waals surface area (Å²) in [6.07, 6.45) is -4.79. The Morgan fingerprint density at radius 1 is 0.933 bits per heavy atom. The SMILES string of the molecule is Cc1ccc(C2=C(Nc3ccc(OC(F)(F)F)cc3)C(=O)N(C(C)C)C2=O)cc1C. The second kappa shape index (κ2) is 7.85. The molecule has 0 aromatic heterocycles. The zero-order chi connectivity index (χ0) is 22.2. The summed E-state index contributed by atoms with van der Waals surface area (Å²) in [6.45, 7) is 7.33. The van der Waals surface area contributed by atoms with Gasteiger partial charge in [0, 0.05) is 11.7 Å². The number of nitrogens with zero attached hydrogens (tertiary/aromatic N) is 1. The van der Waals surface area contributed by atoms with Crippen LogP contribution in [0.5, 0.6) is 5.75 Å². The van der Waals surface area contributed by atoms with Crippen LogP contribution in [0.4, 0.5) is 18.9 Å². The number of alkyl halides is 3. The van der Waals surface area contributed by atoms with Crippen molar-refractivity contribution in [3.8, 4) is 5.75 Å². The third-order valence-corrected chi connectivity index (χ3v) is 4.78. The first-order chi connectivity index (χ1) is 14.0. The van der Waals surface area contributed by atoms with Crippen LogP contribution in [0, 0.1) is 13.8 Å². The lowest BCUT2D eigenvalue weighted by molar-refractivity contribution is -0.274. The molecule has 1 N–H and O–H groups in total. The van der Waals surface area contributed by atoms with Gasteiger partial charge in [0.05, 0.1) is 5.57 Å². The first-order valence-corrected chi connectivity index (χ1v) is 9.30. The molecule has 2 amide bonds. The van der Waals surface area contributed by atoms with Crippen LogP contribution in [0.1, 0.15) is 30.5 Å². The fourth-order valence-corrected chi connectivity index (χ4v) is 3.18. The topological polar surface area (TPSA) is 58.6 Å². The minimum absolute atomic E-state index is 0.0847. The van der Waals surface area contributed by atoms with E-state index >= 15 is 0 Å². The predicted octanol–water partition coefficient (Wildman–Crippen LogP) is 4.80. The van der Waals surface area contributed by atoms with Crippen LogP contribution in [0.3, 0.4) is 0 Å². The summed E-state index contributed by atoms with van der Waals surface area (Å²) in [4.78, 5) is 27.2. The van der Waals surface area contributed by atoms with Crippen molar-refractivity contribution < 1.29 is 27.5 Å². The molecule has 1 aliphatic heterocycles. The molecule has 0 saturated heterocycles. The maximum Gasteiger partial charge on any atom is 0.573 e. The summed E-state index contributed by atoms with van der Waals surface area (Å²) in [5.74, 6) is -1.29. The molecule has 5 nitrogen and oxygen atoms in total. The Balaban J connectivity index is 2.00. The van der Waals surface area contributed by atoms with E-state index in [0.717, 1.165) is 28.2 Å². The van der Waals surface area contributed by atoms with E-state index < -0.39 is 18.2 Å². The third kappa shape index (κ3) is 4.32. The van der Waals surface area contributed by atoms with Gasteiger partial charge in [-0.05, 0) is 68.7 Å². The summed E-state index contributed by atoms with van der Waals surface area (Å²) < 4.78 is 40.9. The zero-order valence-electron chi connectivity index (χ0n) is 16.9. The first kappa shape index (κ1) is 21.4. The van der Waals surface area contributed by atoms with Crippen molar-refractivity contribution in [3.05, 3.63) is 64.9 Å². The van der Waals surface area contributed by atoms with E-state index in [1.807, 2.05) is 26.0 Å². The van der Waals surface area contributed by atoms with Crippen molar-refractivity contribution in [2.75, 3.05) is 5.32 Å². The quantitative estimate of drug-likeness (QED) is 0.709. The molecule has 0 spiro atoms.